The zero-order chi connectivity index (χ0) is 16.9. The molecule has 1 unspecified atom stereocenters. The lowest BCUT2D eigenvalue weighted by molar-refractivity contribution is -0.0599. The fourth-order valence-corrected chi connectivity index (χ4v) is 3.88. The molecule has 26 heavy (non-hydrogen) atoms. The third kappa shape index (κ3) is 3.79. The van der Waals surface area contributed by atoms with Crippen LogP contribution < -0.4 is 10.9 Å². The summed E-state index contributed by atoms with van der Waals surface area (Å²) in [4.78, 5) is 21.0. The largest absolute Gasteiger partial charge is 0.372 e. The molecule has 0 spiro atoms. The maximum absolute atomic E-state index is 12.5. The van der Waals surface area contributed by atoms with Crippen molar-refractivity contribution < 1.29 is 4.74 Å². The average molecular weight is 418 g/mol. The highest BCUT2D eigenvalue weighted by molar-refractivity contribution is 7.22. The highest BCUT2D eigenvalue weighted by atomic mass is 35.5. The summed E-state index contributed by atoms with van der Waals surface area (Å²) in [5.74, 6) is 0.622. The molecule has 0 bridgehead atoms. The second-order valence-electron chi connectivity index (χ2n) is 6.69. The van der Waals surface area contributed by atoms with Gasteiger partial charge in [-0.3, -0.25) is 9.89 Å². The molecule has 3 N–H and O–H groups in total. The summed E-state index contributed by atoms with van der Waals surface area (Å²) in [6.07, 6.45) is 1.77. The van der Waals surface area contributed by atoms with Crippen molar-refractivity contribution in [1.82, 2.24) is 25.5 Å². The van der Waals surface area contributed by atoms with E-state index in [9.17, 15) is 4.79 Å². The summed E-state index contributed by atoms with van der Waals surface area (Å²) >= 11 is 1.43. The number of hydrogen-bond donors (Lipinski definition) is 3. The fourth-order valence-electron chi connectivity index (χ4n) is 2.82. The SMILES string of the molecule is Cc1[nH]ncc1-c1cc2nc(C3COC(C)(C)CN3)[nH]c(=O)c2s1.Cl.Cl. The number of aromatic amines is 2. The lowest BCUT2D eigenvalue weighted by atomic mass is 10.1. The number of hydrogen-bond acceptors (Lipinski definition) is 6. The van der Waals surface area contributed by atoms with Crippen molar-refractivity contribution >= 4 is 46.4 Å². The van der Waals surface area contributed by atoms with Gasteiger partial charge < -0.3 is 15.0 Å². The van der Waals surface area contributed by atoms with E-state index in [1.54, 1.807) is 6.20 Å². The van der Waals surface area contributed by atoms with Crippen LogP contribution in [0.4, 0.5) is 0 Å². The molecule has 3 aromatic rings. The van der Waals surface area contributed by atoms with E-state index in [4.69, 9.17) is 4.74 Å². The fraction of sp³-hybridized carbons (Fsp3) is 0.438. The first-order valence-corrected chi connectivity index (χ1v) is 8.66. The van der Waals surface area contributed by atoms with Crippen molar-refractivity contribution in [3.63, 3.8) is 0 Å². The average Bonchev–Trinajstić information content (AvgIpc) is 3.13. The highest BCUT2D eigenvalue weighted by Gasteiger charge is 2.29. The Morgan fingerprint density at radius 2 is 2.12 bits per heavy atom. The number of nitrogens with one attached hydrogen (secondary N) is 3. The summed E-state index contributed by atoms with van der Waals surface area (Å²) in [7, 11) is 0. The van der Waals surface area contributed by atoms with Crippen molar-refractivity contribution in [3.8, 4) is 10.4 Å². The van der Waals surface area contributed by atoms with Gasteiger partial charge in [0.25, 0.3) is 5.56 Å². The second kappa shape index (κ2) is 7.66. The van der Waals surface area contributed by atoms with Gasteiger partial charge in [-0.05, 0) is 26.8 Å². The molecule has 4 rings (SSSR count). The first kappa shape index (κ1) is 20.9. The maximum atomic E-state index is 12.5. The maximum Gasteiger partial charge on any atom is 0.268 e. The number of fused-ring (bicyclic) bond motifs is 1. The van der Waals surface area contributed by atoms with Gasteiger partial charge in [-0.25, -0.2) is 4.98 Å². The third-order valence-corrected chi connectivity index (χ3v) is 5.40. The quantitative estimate of drug-likeness (QED) is 0.595. The van der Waals surface area contributed by atoms with Crippen LogP contribution in [0, 0.1) is 6.92 Å². The Kier molecular flexibility index (Phi) is 6.14. The Morgan fingerprint density at radius 1 is 1.35 bits per heavy atom. The number of rotatable bonds is 2. The Bertz CT molecular complexity index is 955. The van der Waals surface area contributed by atoms with E-state index in [0.29, 0.717) is 29.2 Å². The lowest BCUT2D eigenvalue weighted by Gasteiger charge is -2.35. The Labute approximate surface area is 166 Å². The molecule has 0 saturated carbocycles. The molecule has 1 aliphatic rings. The van der Waals surface area contributed by atoms with Crippen LogP contribution >= 0.6 is 36.2 Å². The van der Waals surface area contributed by atoms with Crippen molar-refractivity contribution in [2.24, 2.45) is 0 Å². The van der Waals surface area contributed by atoms with Gasteiger partial charge in [0.1, 0.15) is 10.5 Å². The van der Waals surface area contributed by atoms with Gasteiger partial charge in [0, 0.05) is 22.7 Å². The zero-order valence-electron chi connectivity index (χ0n) is 14.6. The van der Waals surface area contributed by atoms with E-state index in [1.807, 2.05) is 26.8 Å². The minimum Gasteiger partial charge on any atom is -0.372 e. The first-order chi connectivity index (χ1) is 11.4. The molecular formula is C16H21Cl2N5O2S. The number of aromatic nitrogens is 4. The number of thiophene rings is 1. The monoisotopic (exact) mass is 417 g/mol. The minimum atomic E-state index is -0.199. The number of halogens is 2. The predicted octanol–water partition coefficient (Wildman–Crippen LogP) is 2.97. The molecule has 4 heterocycles. The first-order valence-electron chi connectivity index (χ1n) is 7.84. The molecule has 7 nitrogen and oxygen atoms in total. The van der Waals surface area contributed by atoms with Crippen LogP contribution in [0.25, 0.3) is 20.7 Å². The van der Waals surface area contributed by atoms with Gasteiger partial charge in [0.05, 0.1) is 30.0 Å². The van der Waals surface area contributed by atoms with Crippen LogP contribution in [0.1, 0.15) is 31.4 Å². The van der Waals surface area contributed by atoms with Crippen molar-refractivity contribution in [3.05, 3.63) is 34.1 Å². The highest BCUT2D eigenvalue weighted by Crippen LogP contribution is 2.32. The summed E-state index contributed by atoms with van der Waals surface area (Å²) in [6, 6.07) is 1.85. The summed E-state index contributed by atoms with van der Waals surface area (Å²) in [6.45, 7) is 7.23. The molecule has 10 heteroatoms. The smallest absolute Gasteiger partial charge is 0.268 e. The van der Waals surface area contributed by atoms with E-state index in [1.165, 1.54) is 11.3 Å². The van der Waals surface area contributed by atoms with E-state index >= 15 is 0 Å². The van der Waals surface area contributed by atoms with Crippen molar-refractivity contribution in [1.29, 1.82) is 0 Å². The Hall–Kier alpha value is -1.45. The molecule has 1 fully saturated rings. The van der Waals surface area contributed by atoms with Gasteiger partial charge in [-0.1, -0.05) is 0 Å². The standard InChI is InChI=1S/C16H19N5O2S.2ClH/c1-8-9(5-18-21-8)12-4-10-13(24-12)15(22)20-14(19-10)11-6-23-16(2,3)7-17-11;;/h4-5,11,17H,6-7H2,1-3H3,(H,18,21)(H,19,20,22);2*1H. The molecular weight excluding hydrogens is 397 g/mol. The van der Waals surface area contributed by atoms with Gasteiger partial charge in [-0.15, -0.1) is 36.2 Å². The number of aryl methyl sites for hydroxylation is 1. The molecule has 0 radical (unpaired) electrons. The van der Waals surface area contributed by atoms with Crippen LogP contribution in [0.5, 0.6) is 0 Å². The van der Waals surface area contributed by atoms with E-state index in [0.717, 1.165) is 16.1 Å². The number of H-pyrrole nitrogens is 2. The van der Waals surface area contributed by atoms with Crippen LogP contribution in [0.2, 0.25) is 0 Å². The minimum absolute atomic E-state index is 0. The normalized spacial score (nSPS) is 19.0. The molecule has 3 aromatic heterocycles. The molecule has 142 valence electrons. The second-order valence-corrected chi connectivity index (χ2v) is 7.74. The summed E-state index contributed by atoms with van der Waals surface area (Å²) < 4.78 is 6.46. The predicted molar refractivity (Wildman–Crippen MR) is 108 cm³/mol. The zero-order valence-corrected chi connectivity index (χ0v) is 17.0. The van der Waals surface area contributed by atoms with Gasteiger partial charge in [-0.2, -0.15) is 5.10 Å². The van der Waals surface area contributed by atoms with E-state index in [2.05, 4.69) is 25.5 Å². The summed E-state index contributed by atoms with van der Waals surface area (Å²) in [5, 5.41) is 10.4. The van der Waals surface area contributed by atoms with Crippen LogP contribution in [0.3, 0.4) is 0 Å². The third-order valence-electron chi connectivity index (χ3n) is 4.24. The Morgan fingerprint density at radius 3 is 2.73 bits per heavy atom. The molecule has 1 atom stereocenters. The van der Waals surface area contributed by atoms with Crippen LogP contribution in [-0.4, -0.2) is 38.9 Å². The van der Waals surface area contributed by atoms with Crippen molar-refractivity contribution in [2.45, 2.75) is 32.4 Å². The lowest BCUT2D eigenvalue weighted by Crippen LogP contribution is -2.47. The topological polar surface area (TPSA) is 95.7 Å². The number of morpholine rings is 1. The molecule has 0 aromatic carbocycles. The van der Waals surface area contributed by atoms with Gasteiger partial charge in [0.15, 0.2) is 0 Å². The van der Waals surface area contributed by atoms with Crippen LogP contribution in [0.15, 0.2) is 17.1 Å². The molecule has 1 saturated heterocycles. The van der Waals surface area contributed by atoms with E-state index in [-0.39, 0.29) is 42.0 Å². The molecule has 0 aliphatic carbocycles. The van der Waals surface area contributed by atoms with Crippen molar-refractivity contribution in [2.75, 3.05) is 13.2 Å². The molecule has 0 amide bonds. The van der Waals surface area contributed by atoms with E-state index < -0.39 is 0 Å². The van der Waals surface area contributed by atoms with Crippen LogP contribution in [-0.2, 0) is 4.74 Å². The Balaban J connectivity index is 0.00000121. The van der Waals surface area contributed by atoms with Gasteiger partial charge >= 0.3 is 0 Å². The summed E-state index contributed by atoms with van der Waals surface area (Å²) in [5.41, 5.74) is 2.37. The number of ether oxygens (including phenoxy) is 1. The number of nitrogens with zero attached hydrogens (tertiary/aromatic N) is 2. The molecule has 1 aliphatic heterocycles. The van der Waals surface area contributed by atoms with Gasteiger partial charge in [0.2, 0.25) is 0 Å².